The number of carbonyl (C=O) groups excluding carboxylic acids is 1. The molecule has 1 aromatic heterocycles. The minimum atomic E-state index is -0.688. The van der Waals surface area contributed by atoms with Gasteiger partial charge in [0.15, 0.2) is 5.82 Å². The smallest absolute Gasteiger partial charge is 0.220 e. The Morgan fingerprint density at radius 1 is 1.16 bits per heavy atom. The molecular weight excluding hydrogens is 400 g/mol. The van der Waals surface area contributed by atoms with Crippen molar-refractivity contribution in [2.24, 2.45) is 11.7 Å². The molecule has 1 fully saturated rings. The molecular formula is C24H25F2N3O2. The lowest BCUT2D eigenvalue weighted by Crippen LogP contribution is -2.38. The van der Waals surface area contributed by atoms with Crippen molar-refractivity contribution in [1.29, 1.82) is 0 Å². The van der Waals surface area contributed by atoms with Gasteiger partial charge in [-0.2, -0.15) is 0 Å². The largest absolute Gasteiger partial charge is 0.496 e. The number of carbonyl (C=O) groups is 1. The second-order valence-corrected chi connectivity index (χ2v) is 8.08. The number of fused-ring (bicyclic) bond motifs is 1. The van der Waals surface area contributed by atoms with Crippen LogP contribution in [0.1, 0.15) is 24.1 Å². The molecule has 0 aliphatic carbocycles. The number of benzene rings is 2. The summed E-state index contributed by atoms with van der Waals surface area (Å²) in [6.07, 6.45) is 1.51. The molecule has 1 amide bonds. The molecule has 0 unspecified atom stereocenters. The summed E-state index contributed by atoms with van der Waals surface area (Å²) in [4.78, 5) is 18.0. The normalized spacial score (nSPS) is 15.4. The Bertz CT molecular complexity index is 1140. The van der Waals surface area contributed by atoms with Gasteiger partial charge >= 0.3 is 0 Å². The van der Waals surface area contributed by atoms with Crippen LogP contribution in [0.25, 0.3) is 22.0 Å². The van der Waals surface area contributed by atoms with Crippen LogP contribution in [0.3, 0.4) is 0 Å². The van der Waals surface area contributed by atoms with E-state index in [-0.39, 0.29) is 17.3 Å². The fourth-order valence-electron chi connectivity index (χ4n) is 4.30. The van der Waals surface area contributed by atoms with Crippen molar-refractivity contribution in [3.05, 3.63) is 59.3 Å². The highest BCUT2D eigenvalue weighted by Gasteiger charge is 2.23. The number of primary amides is 1. The zero-order valence-electron chi connectivity index (χ0n) is 17.6. The second kappa shape index (κ2) is 8.59. The summed E-state index contributed by atoms with van der Waals surface area (Å²) < 4.78 is 34.0. The Morgan fingerprint density at radius 2 is 1.90 bits per heavy atom. The fourth-order valence-corrected chi connectivity index (χ4v) is 4.30. The fraction of sp³-hybridized carbons (Fsp3) is 0.333. The van der Waals surface area contributed by atoms with E-state index in [0.29, 0.717) is 28.9 Å². The van der Waals surface area contributed by atoms with Gasteiger partial charge in [0, 0.05) is 35.2 Å². The van der Waals surface area contributed by atoms with Gasteiger partial charge in [0.25, 0.3) is 0 Å². The number of pyridine rings is 1. The number of ether oxygens (including phenoxy) is 1. The van der Waals surface area contributed by atoms with Crippen LogP contribution in [0, 0.1) is 24.5 Å². The summed E-state index contributed by atoms with van der Waals surface area (Å²) >= 11 is 0. The molecule has 3 aromatic rings. The number of amides is 1. The third kappa shape index (κ3) is 4.37. The van der Waals surface area contributed by atoms with Crippen LogP contribution in [-0.4, -0.2) is 36.0 Å². The molecule has 31 heavy (non-hydrogen) atoms. The van der Waals surface area contributed by atoms with Gasteiger partial charge in [0.1, 0.15) is 17.1 Å². The van der Waals surface area contributed by atoms with Crippen LogP contribution in [-0.2, 0) is 11.3 Å². The van der Waals surface area contributed by atoms with E-state index >= 15 is 0 Å². The average molecular weight is 425 g/mol. The average Bonchev–Trinajstić information content (AvgIpc) is 2.74. The number of piperidine rings is 1. The molecule has 2 aromatic carbocycles. The molecule has 7 heteroatoms. The van der Waals surface area contributed by atoms with Gasteiger partial charge < -0.3 is 10.5 Å². The molecule has 2 N–H and O–H groups in total. The van der Waals surface area contributed by atoms with Gasteiger partial charge in [0.05, 0.1) is 7.11 Å². The summed E-state index contributed by atoms with van der Waals surface area (Å²) in [5, 5.41) is 0.404. The van der Waals surface area contributed by atoms with E-state index in [1.165, 1.54) is 6.07 Å². The van der Waals surface area contributed by atoms with E-state index in [1.54, 1.807) is 14.0 Å². The van der Waals surface area contributed by atoms with Crippen LogP contribution in [0.5, 0.6) is 5.75 Å². The minimum Gasteiger partial charge on any atom is -0.496 e. The zero-order chi connectivity index (χ0) is 22.1. The third-order valence-electron chi connectivity index (χ3n) is 5.91. The Balaban J connectivity index is 1.72. The number of methoxy groups -OCH3 is 1. The lowest BCUT2D eigenvalue weighted by Gasteiger charge is -2.30. The first-order chi connectivity index (χ1) is 14.9. The SMILES string of the molecule is COc1ccc(CN2CCC(C(N)=O)CC2)cc1-c1cc(C)nc2c(F)cc(F)cc12. The number of aromatic nitrogens is 1. The first-order valence-corrected chi connectivity index (χ1v) is 10.3. The van der Waals surface area contributed by atoms with Gasteiger partial charge in [-0.05, 0) is 68.2 Å². The number of hydrogen-bond acceptors (Lipinski definition) is 4. The molecule has 0 saturated carbocycles. The van der Waals surface area contributed by atoms with E-state index in [4.69, 9.17) is 10.5 Å². The summed E-state index contributed by atoms with van der Waals surface area (Å²) in [5.41, 5.74) is 8.68. The predicted molar refractivity (Wildman–Crippen MR) is 116 cm³/mol. The zero-order valence-corrected chi connectivity index (χ0v) is 17.6. The maximum absolute atomic E-state index is 14.4. The highest BCUT2D eigenvalue weighted by molar-refractivity contribution is 5.96. The van der Waals surface area contributed by atoms with E-state index in [1.807, 2.05) is 24.3 Å². The number of nitrogens with two attached hydrogens (primary N) is 1. The number of hydrogen-bond donors (Lipinski definition) is 1. The minimum absolute atomic E-state index is 0.0568. The summed E-state index contributed by atoms with van der Waals surface area (Å²) in [5.74, 6) is -1.01. The van der Waals surface area contributed by atoms with Crippen molar-refractivity contribution in [3.8, 4) is 16.9 Å². The van der Waals surface area contributed by atoms with Crippen LogP contribution in [0.2, 0.25) is 0 Å². The molecule has 0 spiro atoms. The van der Waals surface area contributed by atoms with Gasteiger partial charge in [-0.1, -0.05) is 6.07 Å². The number of likely N-dealkylation sites (tertiary alicyclic amines) is 1. The molecule has 0 atom stereocenters. The first-order valence-electron chi connectivity index (χ1n) is 10.3. The van der Waals surface area contributed by atoms with E-state index in [0.717, 1.165) is 43.1 Å². The maximum Gasteiger partial charge on any atom is 0.220 e. The topological polar surface area (TPSA) is 68.5 Å². The number of nitrogens with zero attached hydrogens (tertiary/aromatic N) is 2. The standard InChI is InChI=1S/C24H25F2N3O2/c1-14-9-18(20-11-17(25)12-21(26)23(20)28-14)19-10-15(3-4-22(19)31-2)13-29-7-5-16(6-8-29)24(27)30/h3-4,9-12,16H,5-8,13H2,1-2H3,(H2,27,30). The van der Waals surface area contributed by atoms with Crippen molar-refractivity contribution < 1.29 is 18.3 Å². The molecule has 5 nitrogen and oxygen atoms in total. The van der Waals surface area contributed by atoms with Crippen molar-refractivity contribution in [2.75, 3.05) is 20.2 Å². The number of halogens is 2. The predicted octanol–water partition coefficient (Wildman–Crippen LogP) is 4.19. The third-order valence-corrected chi connectivity index (χ3v) is 5.91. The van der Waals surface area contributed by atoms with Crippen molar-refractivity contribution in [1.82, 2.24) is 9.88 Å². The molecule has 1 saturated heterocycles. The van der Waals surface area contributed by atoms with Gasteiger partial charge in [-0.25, -0.2) is 13.8 Å². The Morgan fingerprint density at radius 3 is 2.58 bits per heavy atom. The van der Waals surface area contributed by atoms with Crippen molar-refractivity contribution >= 4 is 16.8 Å². The lowest BCUT2D eigenvalue weighted by atomic mass is 9.95. The van der Waals surface area contributed by atoms with Gasteiger partial charge in [-0.3, -0.25) is 9.69 Å². The van der Waals surface area contributed by atoms with Crippen LogP contribution in [0.15, 0.2) is 36.4 Å². The number of rotatable bonds is 5. The van der Waals surface area contributed by atoms with E-state index < -0.39 is 11.6 Å². The highest BCUT2D eigenvalue weighted by Crippen LogP contribution is 2.37. The molecule has 1 aliphatic heterocycles. The van der Waals surface area contributed by atoms with Crippen molar-refractivity contribution in [2.45, 2.75) is 26.3 Å². The quantitative estimate of drug-likeness (QED) is 0.666. The summed E-state index contributed by atoms with van der Waals surface area (Å²) in [6.45, 7) is 4.07. The monoisotopic (exact) mass is 425 g/mol. The highest BCUT2D eigenvalue weighted by atomic mass is 19.1. The number of aryl methyl sites for hydroxylation is 1. The van der Waals surface area contributed by atoms with Gasteiger partial charge in [-0.15, -0.1) is 0 Å². The van der Waals surface area contributed by atoms with Crippen molar-refractivity contribution in [3.63, 3.8) is 0 Å². The Kier molecular flexibility index (Phi) is 5.87. The molecule has 1 aliphatic rings. The molecule has 4 rings (SSSR count). The molecule has 162 valence electrons. The molecule has 0 bridgehead atoms. The second-order valence-electron chi connectivity index (χ2n) is 8.08. The summed E-state index contributed by atoms with van der Waals surface area (Å²) in [6, 6.07) is 9.83. The Labute approximate surface area is 179 Å². The Hall–Kier alpha value is -3.06. The van der Waals surface area contributed by atoms with Crippen LogP contribution < -0.4 is 10.5 Å². The van der Waals surface area contributed by atoms with E-state index in [9.17, 15) is 13.6 Å². The van der Waals surface area contributed by atoms with Crippen LogP contribution in [0.4, 0.5) is 8.78 Å². The lowest BCUT2D eigenvalue weighted by molar-refractivity contribution is -0.123. The van der Waals surface area contributed by atoms with E-state index in [2.05, 4.69) is 9.88 Å². The van der Waals surface area contributed by atoms with Gasteiger partial charge in [0.2, 0.25) is 5.91 Å². The van der Waals surface area contributed by atoms with Crippen LogP contribution >= 0.6 is 0 Å². The first kappa shape index (κ1) is 21.2. The molecule has 0 radical (unpaired) electrons. The molecule has 2 heterocycles. The maximum atomic E-state index is 14.4. The summed E-state index contributed by atoms with van der Waals surface area (Å²) in [7, 11) is 1.57.